The second-order valence-corrected chi connectivity index (χ2v) is 5.72. The Balaban J connectivity index is 2.08. The minimum atomic E-state index is -0.494. The maximum absolute atomic E-state index is 10.9. The highest BCUT2D eigenvalue weighted by atomic mass is 32.1. The quantitative estimate of drug-likeness (QED) is 0.287. The van der Waals surface area contributed by atoms with E-state index in [1.807, 2.05) is 31.2 Å². The number of hydrogen-bond donors (Lipinski definition) is 2. The van der Waals surface area contributed by atoms with Crippen molar-refractivity contribution in [1.82, 2.24) is 0 Å². The number of aryl methyl sites for hydroxylation is 2. The van der Waals surface area contributed by atoms with Gasteiger partial charge in [-0.2, -0.15) is 0 Å². The standard InChI is InChI=1S/C16H18N4O2S/c1-11-2-4-12(5-3-11)6-9-16(23)19(18)15-10-13(20(21)22)7-8-14(15)17/h2-5,7-8,10H,6,9,17-18H2,1H3. The van der Waals surface area contributed by atoms with E-state index in [2.05, 4.69) is 0 Å². The number of nitrogens with zero attached hydrogens (tertiary/aromatic N) is 2. The zero-order valence-corrected chi connectivity index (χ0v) is 13.5. The number of anilines is 2. The fourth-order valence-electron chi connectivity index (χ4n) is 2.12. The number of benzene rings is 2. The summed E-state index contributed by atoms with van der Waals surface area (Å²) in [6, 6.07) is 12.3. The van der Waals surface area contributed by atoms with E-state index >= 15 is 0 Å². The predicted molar refractivity (Wildman–Crippen MR) is 96.3 cm³/mol. The van der Waals surface area contributed by atoms with Gasteiger partial charge in [-0.25, -0.2) is 5.84 Å². The maximum Gasteiger partial charge on any atom is 0.271 e. The molecule has 0 spiro atoms. The van der Waals surface area contributed by atoms with Crippen LogP contribution in [-0.4, -0.2) is 9.91 Å². The van der Waals surface area contributed by atoms with Gasteiger partial charge in [0.2, 0.25) is 0 Å². The Morgan fingerprint density at radius 1 is 1.26 bits per heavy atom. The Bertz CT molecular complexity index is 731. The molecular weight excluding hydrogens is 312 g/mol. The third kappa shape index (κ3) is 4.24. The van der Waals surface area contributed by atoms with Crippen molar-refractivity contribution in [2.24, 2.45) is 5.84 Å². The first-order valence-electron chi connectivity index (χ1n) is 7.05. The Morgan fingerprint density at radius 3 is 2.52 bits per heavy atom. The first-order valence-corrected chi connectivity index (χ1v) is 7.46. The molecule has 2 rings (SSSR count). The second kappa shape index (κ2) is 7.17. The summed E-state index contributed by atoms with van der Waals surface area (Å²) in [6.07, 6.45) is 1.29. The molecule has 0 unspecified atom stereocenters. The highest BCUT2D eigenvalue weighted by Gasteiger charge is 2.15. The maximum atomic E-state index is 10.9. The van der Waals surface area contributed by atoms with Crippen LogP contribution in [0.4, 0.5) is 17.1 Å². The average Bonchev–Trinajstić information content (AvgIpc) is 2.53. The summed E-state index contributed by atoms with van der Waals surface area (Å²) in [6.45, 7) is 2.03. The first-order chi connectivity index (χ1) is 10.9. The number of nitrogens with two attached hydrogens (primary N) is 2. The van der Waals surface area contributed by atoms with Crippen molar-refractivity contribution < 1.29 is 4.92 Å². The largest absolute Gasteiger partial charge is 0.397 e. The van der Waals surface area contributed by atoms with E-state index in [0.29, 0.717) is 22.8 Å². The van der Waals surface area contributed by atoms with Crippen LogP contribution in [0, 0.1) is 17.0 Å². The summed E-state index contributed by atoms with van der Waals surface area (Å²) in [4.78, 5) is 10.8. The zero-order valence-electron chi connectivity index (χ0n) is 12.7. The third-order valence-corrected chi connectivity index (χ3v) is 3.90. The van der Waals surface area contributed by atoms with Gasteiger partial charge in [0.15, 0.2) is 0 Å². The molecule has 0 aliphatic carbocycles. The number of non-ortho nitro benzene ring substituents is 1. The molecule has 0 saturated carbocycles. The lowest BCUT2D eigenvalue weighted by molar-refractivity contribution is -0.384. The Kier molecular flexibility index (Phi) is 5.25. The van der Waals surface area contributed by atoms with Crippen molar-refractivity contribution in [2.45, 2.75) is 19.8 Å². The normalized spacial score (nSPS) is 10.3. The molecule has 0 fully saturated rings. The van der Waals surface area contributed by atoms with Crippen LogP contribution < -0.4 is 16.6 Å². The van der Waals surface area contributed by atoms with Crippen LogP contribution >= 0.6 is 12.2 Å². The Hall–Kier alpha value is -2.51. The lowest BCUT2D eigenvalue weighted by atomic mass is 10.1. The van der Waals surface area contributed by atoms with Gasteiger partial charge in [0, 0.05) is 18.6 Å². The molecule has 0 atom stereocenters. The number of rotatable bonds is 5. The molecule has 2 aromatic carbocycles. The van der Waals surface area contributed by atoms with Crippen molar-refractivity contribution >= 4 is 34.3 Å². The van der Waals surface area contributed by atoms with Gasteiger partial charge in [-0.05, 0) is 25.0 Å². The van der Waals surface area contributed by atoms with Gasteiger partial charge in [0.1, 0.15) is 0 Å². The minimum Gasteiger partial charge on any atom is -0.397 e. The summed E-state index contributed by atoms with van der Waals surface area (Å²) >= 11 is 5.33. The van der Waals surface area contributed by atoms with Crippen LogP contribution in [0.3, 0.4) is 0 Å². The Morgan fingerprint density at radius 2 is 1.91 bits per heavy atom. The highest BCUT2D eigenvalue weighted by Crippen LogP contribution is 2.27. The summed E-state index contributed by atoms with van der Waals surface area (Å²) in [5, 5.41) is 12.1. The fraction of sp³-hybridized carbons (Fsp3) is 0.188. The van der Waals surface area contributed by atoms with Gasteiger partial charge in [-0.1, -0.05) is 42.0 Å². The van der Waals surface area contributed by atoms with Crippen molar-refractivity contribution in [3.63, 3.8) is 0 Å². The van der Waals surface area contributed by atoms with E-state index in [-0.39, 0.29) is 5.69 Å². The van der Waals surface area contributed by atoms with Crippen LogP contribution in [-0.2, 0) is 6.42 Å². The number of nitro benzene ring substituents is 1. The molecule has 0 aliphatic heterocycles. The molecule has 0 aliphatic rings. The van der Waals surface area contributed by atoms with Crippen LogP contribution in [0.25, 0.3) is 0 Å². The molecule has 0 heterocycles. The molecule has 0 aromatic heterocycles. The lowest BCUT2D eigenvalue weighted by Crippen LogP contribution is -2.37. The summed E-state index contributed by atoms with van der Waals surface area (Å²) in [7, 11) is 0. The number of hydrogen-bond acceptors (Lipinski definition) is 5. The third-order valence-electron chi connectivity index (χ3n) is 3.50. The van der Waals surface area contributed by atoms with Crippen LogP contribution in [0.1, 0.15) is 17.5 Å². The molecule has 6 nitrogen and oxygen atoms in total. The molecule has 7 heteroatoms. The molecular formula is C16H18N4O2S. The van der Waals surface area contributed by atoms with Gasteiger partial charge >= 0.3 is 0 Å². The molecule has 4 N–H and O–H groups in total. The van der Waals surface area contributed by atoms with Crippen LogP contribution in [0.15, 0.2) is 42.5 Å². The number of nitro groups is 1. The van der Waals surface area contributed by atoms with E-state index in [1.165, 1.54) is 28.8 Å². The molecule has 0 amide bonds. The highest BCUT2D eigenvalue weighted by molar-refractivity contribution is 7.80. The number of thiocarbonyl (C=S) groups is 1. The lowest BCUT2D eigenvalue weighted by Gasteiger charge is -2.21. The van der Waals surface area contributed by atoms with Gasteiger partial charge in [-0.3, -0.25) is 15.1 Å². The van der Waals surface area contributed by atoms with Gasteiger partial charge in [-0.15, -0.1) is 0 Å². The average molecular weight is 330 g/mol. The molecule has 0 saturated heterocycles. The fourth-order valence-corrected chi connectivity index (χ4v) is 2.32. The number of hydrazine groups is 1. The van der Waals surface area contributed by atoms with E-state index in [0.717, 1.165) is 12.0 Å². The molecule has 120 valence electrons. The topological polar surface area (TPSA) is 98.4 Å². The van der Waals surface area contributed by atoms with Crippen LogP contribution in [0.5, 0.6) is 0 Å². The smallest absolute Gasteiger partial charge is 0.271 e. The summed E-state index contributed by atoms with van der Waals surface area (Å²) in [5.74, 6) is 5.99. The molecule has 0 bridgehead atoms. The molecule has 0 radical (unpaired) electrons. The molecule has 23 heavy (non-hydrogen) atoms. The van der Waals surface area contributed by atoms with Crippen molar-refractivity contribution in [1.29, 1.82) is 0 Å². The summed E-state index contributed by atoms with van der Waals surface area (Å²) < 4.78 is 0. The monoisotopic (exact) mass is 330 g/mol. The van der Waals surface area contributed by atoms with Gasteiger partial charge < -0.3 is 5.73 Å². The van der Waals surface area contributed by atoms with Crippen molar-refractivity contribution in [3.8, 4) is 0 Å². The number of nitrogen functional groups attached to an aromatic ring is 1. The van der Waals surface area contributed by atoms with Crippen molar-refractivity contribution in [2.75, 3.05) is 10.7 Å². The van der Waals surface area contributed by atoms with E-state index < -0.39 is 4.92 Å². The SMILES string of the molecule is Cc1ccc(CCC(=S)N(N)c2cc([N+](=O)[O-])ccc2N)cc1. The van der Waals surface area contributed by atoms with Crippen molar-refractivity contribution in [3.05, 3.63) is 63.7 Å². The zero-order chi connectivity index (χ0) is 17.0. The van der Waals surface area contributed by atoms with E-state index in [1.54, 1.807) is 0 Å². The van der Waals surface area contributed by atoms with Gasteiger partial charge in [0.05, 0.1) is 21.3 Å². The minimum absolute atomic E-state index is 0.0778. The molecule has 2 aromatic rings. The van der Waals surface area contributed by atoms with E-state index in [9.17, 15) is 10.1 Å². The second-order valence-electron chi connectivity index (χ2n) is 5.25. The predicted octanol–water partition coefficient (Wildman–Crippen LogP) is 3.13. The van der Waals surface area contributed by atoms with E-state index in [4.69, 9.17) is 23.8 Å². The summed E-state index contributed by atoms with van der Waals surface area (Å²) in [5.41, 5.74) is 8.80. The Labute approximate surface area is 139 Å². The first kappa shape index (κ1) is 16.9. The van der Waals surface area contributed by atoms with Gasteiger partial charge in [0.25, 0.3) is 5.69 Å². The van der Waals surface area contributed by atoms with Crippen LogP contribution in [0.2, 0.25) is 0 Å².